The Morgan fingerprint density at radius 1 is 1.38 bits per heavy atom. The summed E-state index contributed by atoms with van der Waals surface area (Å²) in [5.41, 5.74) is 5.96. The third kappa shape index (κ3) is 2.54. The van der Waals surface area contributed by atoms with E-state index in [4.69, 9.17) is 10.5 Å². The van der Waals surface area contributed by atoms with Crippen molar-refractivity contribution in [1.82, 2.24) is 0 Å². The normalized spacial score (nSPS) is 19.2. The van der Waals surface area contributed by atoms with E-state index in [-0.39, 0.29) is 13.2 Å². The van der Waals surface area contributed by atoms with Crippen molar-refractivity contribution in [3.05, 3.63) is 29.8 Å². The molecule has 3 heteroatoms. The van der Waals surface area contributed by atoms with Crippen LogP contribution in [0.3, 0.4) is 0 Å². The van der Waals surface area contributed by atoms with Gasteiger partial charge in [0, 0.05) is 6.54 Å². The van der Waals surface area contributed by atoms with Gasteiger partial charge in [-0.25, -0.2) is 0 Å². The Hall–Kier alpha value is -1.06. The van der Waals surface area contributed by atoms with Crippen LogP contribution in [0.5, 0.6) is 5.75 Å². The van der Waals surface area contributed by atoms with E-state index in [0.29, 0.717) is 5.92 Å². The monoisotopic (exact) mass is 221 g/mol. The van der Waals surface area contributed by atoms with E-state index >= 15 is 0 Å². The van der Waals surface area contributed by atoms with Crippen molar-refractivity contribution in [1.29, 1.82) is 0 Å². The first-order valence-corrected chi connectivity index (χ1v) is 5.76. The lowest BCUT2D eigenvalue weighted by Crippen LogP contribution is -2.45. The minimum Gasteiger partial charge on any atom is -0.491 e. The Morgan fingerprint density at radius 3 is 2.50 bits per heavy atom. The standard InChI is InChI=1S/C13H19NO2/c1-10-2-6-12(7-3-10)16-9-13(15,8-14)11-4-5-11/h2-3,6-7,11,15H,4-5,8-9,14H2,1H3. The quantitative estimate of drug-likeness (QED) is 0.791. The highest BCUT2D eigenvalue weighted by Crippen LogP contribution is 2.39. The summed E-state index contributed by atoms with van der Waals surface area (Å²) < 4.78 is 5.59. The number of aryl methyl sites for hydroxylation is 1. The maximum atomic E-state index is 10.2. The topological polar surface area (TPSA) is 55.5 Å². The zero-order valence-corrected chi connectivity index (χ0v) is 9.65. The van der Waals surface area contributed by atoms with Crippen LogP contribution in [0.4, 0.5) is 0 Å². The van der Waals surface area contributed by atoms with Gasteiger partial charge >= 0.3 is 0 Å². The predicted molar refractivity (Wildman–Crippen MR) is 63.4 cm³/mol. The molecule has 1 aliphatic carbocycles. The van der Waals surface area contributed by atoms with Gasteiger partial charge in [-0.2, -0.15) is 0 Å². The van der Waals surface area contributed by atoms with Crippen LogP contribution >= 0.6 is 0 Å². The molecule has 1 aromatic carbocycles. The summed E-state index contributed by atoms with van der Waals surface area (Å²) in [5, 5.41) is 10.2. The maximum Gasteiger partial charge on any atom is 0.119 e. The van der Waals surface area contributed by atoms with Crippen LogP contribution in [0.25, 0.3) is 0 Å². The molecule has 2 rings (SSSR count). The first kappa shape index (κ1) is 11.4. The van der Waals surface area contributed by atoms with Crippen molar-refractivity contribution in [3.63, 3.8) is 0 Å². The maximum absolute atomic E-state index is 10.2. The number of aliphatic hydroxyl groups is 1. The van der Waals surface area contributed by atoms with E-state index in [1.54, 1.807) is 0 Å². The van der Waals surface area contributed by atoms with Crippen LogP contribution in [0.15, 0.2) is 24.3 Å². The second-order valence-electron chi connectivity index (χ2n) is 4.68. The summed E-state index contributed by atoms with van der Waals surface area (Å²) in [7, 11) is 0. The summed E-state index contributed by atoms with van der Waals surface area (Å²) in [6, 6.07) is 7.82. The Morgan fingerprint density at radius 2 is 2.00 bits per heavy atom. The molecule has 0 saturated heterocycles. The highest BCUT2D eigenvalue weighted by molar-refractivity contribution is 5.26. The van der Waals surface area contributed by atoms with Crippen molar-refractivity contribution in [3.8, 4) is 5.75 Å². The number of hydrogen-bond donors (Lipinski definition) is 2. The molecule has 16 heavy (non-hydrogen) atoms. The summed E-state index contributed by atoms with van der Waals surface area (Å²) in [5.74, 6) is 1.11. The van der Waals surface area contributed by atoms with Gasteiger partial charge in [-0.3, -0.25) is 0 Å². The molecule has 3 N–H and O–H groups in total. The van der Waals surface area contributed by atoms with Crippen LogP contribution < -0.4 is 10.5 Å². The molecule has 1 fully saturated rings. The lowest BCUT2D eigenvalue weighted by molar-refractivity contribution is -0.0162. The molecular formula is C13H19NO2. The van der Waals surface area contributed by atoms with Gasteiger partial charge in [-0.15, -0.1) is 0 Å². The number of hydrogen-bond acceptors (Lipinski definition) is 3. The minimum absolute atomic E-state index is 0.267. The molecule has 0 spiro atoms. The molecule has 0 heterocycles. The highest BCUT2D eigenvalue weighted by atomic mass is 16.5. The number of ether oxygens (including phenoxy) is 1. The molecular weight excluding hydrogens is 202 g/mol. The molecule has 0 aromatic heterocycles. The summed E-state index contributed by atoms with van der Waals surface area (Å²) >= 11 is 0. The summed E-state index contributed by atoms with van der Waals surface area (Å²) in [4.78, 5) is 0. The van der Waals surface area contributed by atoms with Gasteiger partial charge in [0.2, 0.25) is 0 Å². The predicted octanol–water partition coefficient (Wildman–Crippen LogP) is 1.47. The highest BCUT2D eigenvalue weighted by Gasteiger charge is 2.43. The van der Waals surface area contributed by atoms with E-state index < -0.39 is 5.60 Å². The van der Waals surface area contributed by atoms with Crippen LogP contribution in [0.1, 0.15) is 18.4 Å². The van der Waals surface area contributed by atoms with E-state index in [1.165, 1.54) is 5.56 Å². The van der Waals surface area contributed by atoms with Crippen LogP contribution in [-0.4, -0.2) is 23.9 Å². The molecule has 1 saturated carbocycles. The SMILES string of the molecule is Cc1ccc(OCC(O)(CN)C2CC2)cc1. The molecule has 1 atom stereocenters. The molecule has 3 nitrogen and oxygen atoms in total. The molecule has 0 aliphatic heterocycles. The Labute approximate surface area is 96.2 Å². The zero-order valence-electron chi connectivity index (χ0n) is 9.65. The van der Waals surface area contributed by atoms with Crippen LogP contribution in [0.2, 0.25) is 0 Å². The Balaban J connectivity index is 1.92. The second kappa shape index (κ2) is 4.44. The van der Waals surface area contributed by atoms with E-state index in [0.717, 1.165) is 18.6 Å². The fourth-order valence-electron chi connectivity index (χ4n) is 1.81. The molecule has 1 aromatic rings. The number of nitrogens with two attached hydrogens (primary N) is 1. The van der Waals surface area contributed by atoms with Gasteiger partial charge in [-0.1, -0.05) is 17.7 Å². The molecule has 0 bridgehead atoms. The molecule has 1 unspecified atom stereocenters. The third-order valence-electron chi connectivity index (χ3n) is 3.20. The van der Waals surface area contributed by atoms with Crippen LogP contribution in [-0.2, 0) is 0 Å². The fraction of sp³-hybridized carbons (Fsp3) is 0.538. The van der Waals surface area contributed by atoms with Gasteiger partial charge in [0.25, 0.3) is 0 Å². The largest absolute Gasteiger partial charge is 0.491 e. The number of benzene rings is 1. The summed E-state index contributed by atoms with van der Waals surface area (Å²) in [6.45, 7) is 2.59. The molecule has 0 radical (unpaired) electrons. The lowest BCUT2D eigenvalue weighted by Gasteiger charge is -2.26. The average molecular weight is 221 g/mol. The van der Waals surface area contributed by atoms with Gasteiger partial charge in [0.05, 0.1) is 0 Å². The first-order valence-electron chi connectivity index (χ1n) is 5.76. The van der Waals surface area contributed by atoms with Crippen molar-refractivity contribution in [2.24, 2.45) is 11.7 Å². The third-order valence-corrected chi connectivity index (χ3v) is 3.20. The van der Waals surface area contributed by atoms with Gasteiger partial charge in [0.1, 0.15) is 18.0 Å². The van der Waals surface area contributed by atoms with Gasteiger partial charge in [0.15, 0.2) is 0 Å². The van der Waals surface area contributed by atoms with E-state index in [1.807, 2.05) is 31.2 Å². The van der Waals surface area contributed by atoms with Crippen molar-refractivity contribution < 1.29 is 9.84 Å². The average Bonchev–Trinajstić information content (AvgIpc) is 3.12. The van der Waals surface area contributed by atoms with Crippen molar-refractivity contribution in [2.75, 3.05) is 13.2 Å². The van der Waals surface area contributed by atoms with Crippen molar-refractivity contribution in [2.45, 2.75) is 25.4 Å². The summed E-state index contributed by atoms with van der Waals surface area (Å²) in [6.07, 6.45) is 2.12. The molecule has 0 amide bonds. The van der Waals surface area contributed by atoms with Crippen LogP contribution in [0, 0.1) is 12.8 Å². The lowest BCUT2D eigenvalue weighted by atomic mass is 9.99. The smallest absolute Gasteiger partial charge is 0.119 e. The minimum atomic E-state index is -0.842. The van der Waals surface area contributed by atoms with E-state index in [9.17, 15) is 5.11 Å². The fourth-order valence-corrected chi connectivity index (χ4v) is 1.81. The van der Waals surface area contributed by atoms with Gasteiger partial charge in [-0.05, 0) is 37.8 Å². The number of rotatable bonds is 5. The Kier molecular flexibility index (Phi) is 3.17. The zero-order chi connectivity index (χ0) is 11.6. The first-order chi connectivity index (χ1) is 7.64. The second-order valence-corrected chi connectivity index (χ2v) is 4.68. The van der Waals surface area contributed by atoms with Crippen molar-refractivity contribution >= 4 is 0 Å². The Bertz CT molecular complexity index is 345. The van der Waals surface area contributed by atoms with E-state index in [2.05, 4.69) is 0 Å². The molecule has 1 aliphatic rings. The molecule has 88 valence electrons. The van der Waals surface area contributed by atoms with Gasteiger partial charge < -0.3 is 15.6 Å².